The lowest BCUT2D eigenvalue weighted by Crippen LogP contribution is -2.55. The Bertz CT molecular complexity index is 534. The summed E-state index contributed by atoms with van der Waals surface area (Å²) in [5, 5.41) is 3.22. The molecule has 21 heavy (non-hydrogen) atoms. The second kappa shape index (κ2) is 5.97. The van der Waals surface area contributed by atoms with E-state index in [-0.39, 0.29) is 11.9 Å². The molecule has 116 valence electrons. The zero-order valence-electron chi connectivity index (χ0n) is 12.2. The molecule has 2 atom stereocenters. The summed E-state index contributed by atoms with van der Waals surface area (Å²) < 4.78 is 31.5. The molecule has 2 unspecified atom stereocenters. The van der Waals surface area contributed by atoms with Crippen LogP contribution < -0.4 is 15.8 Å². The van der Waals surface area contributed by atoms with Gasteiger partial charge in [-0.2, -0.15) is 0 Å². The first kappa shape index (κ1) is 15.7. The zero-order chi connectivity index (χ0) is 15.6. The van der Waals surface area contributed by atoms with Gasteiger partial charge in [-0.05, 0) is 38.8 Å². The van der Waals surface area contributed by atoms with Crippen LogP contribution in [0.3, 0.4) is 0 Å². The van der Waals surface area contributed by atoms with E-state index in [0.29, 0.717) is 12.5 Å². The molecular weight excluding hydrogens is 278 g/mol. The first-order valence-corrected chi connectivity index (χ1v) is 6.99. The number of amides is 1. The quantitative estimate of drug-likeness (QED) is 0.810. The lowest BCUT2D eigenvalue weighted by Gasteiger charge is -2.30. The topological polar surface area (TPSA) is 64.3 Å². The first-order valence-electron chi connectivity index (χ1n) is 6.99. The van der Waals surface area contributed by atoms with Gasteiger partial charge < -0.3 is 15.8 Å². The number of benzene rings is 1. The van der Waals surface area contributed by atoms with Crippen molar-refractivity contribution in [1.82, 2.24) is 5.32 Å². The molecule has 6 heteroatoms. The summed E-state index contributed by atoms with van der Waals surface area (Å²) >= 11 is 0. The Morgan fingerprint density at radius 1 is 1.48 bits per heavy atom. The molecule has 0 radical (unpaired) electrons. The van der Waals surface area contributed by atoms with Crippen molar-refractivity contribution in [3.8, 4) is 5.75 Å². The van der Waals surface area contributed by atoms with Crippen molar-refractivity contribution < 1.29 is 18.3 Å². The van der Waals surface area contributed by atoms with E-state index < -0.39 is 23.1 Å². The van der Waals surface area contributed by atoms with Crippen LogP contribution in [0.1, 0.15) is 33.1 Å². The maximum atomic E-state index is 13.1. The maximum Gasteiger partial charge on any atom is 0.237 e. The second-order valence-corrected chi connectivity index (χ2v) is 5.82. The predicted octanol–water partition coefficient (Wildman–Crippen LogP) is 2.12. The van der Waals surface area contributed by atoms with Crippen LogP contribution in [-0.4, -0.2) is 23.6 Å². The van der Waals surface area contributed by atoms with Crippen molar-refractivity contribution in [3.63, 3.8) is 0 Å². The first-order chi connectivity index (χ1) is 9.80. The van der Waals surface area contributed by atoms with Gasteiger partial charge in [0, 0.05) is 18.5 Å². The number of nitrogens with one attached hydrogen (secondary N) is 1. The monoisotopic (exact) mass is 298 g/mol. The van der Waals surface area contributed by atoms with Crippen molar-refractivity contribution in [1.29, 1.82) is 0 Å². The Morgan fingerprint density at radius 3 is 2.67 bits per heavy atom. The number of carbonyl (C=O) groups excluding carboxylic acids is 1. The zero-order valence-corrected chi connectivity index (χ0v) is 12.2. The fraction of sp³-hybridized carbons (Fsp3) is 0.533. The molecule has 3 N–H and O–H groups in total. The fourth-order valence-electron chi connectivity index (χ4n) is 2.31. The van der Waals surface area contributed by atoms with E-state index in [1.54, 1.807) is 13.8 Å². The van der Waals surface area contributed by atoms with Crippen LogP contribution in [0.25, 0.3) is 0 Å². The van der Waals surface area contributed by atoms with Crippen LogP contribution in [-0.2, 0) is 4.79 Å². The number of halogens is 2. The Hall–Kier alpha value is -1.69. The molecule has 1 aliphatic carbocycles. The van der Waals surface area contributed by atoms with Crippen molar-refractivity contribution in [3.05, 3.63) is 29.8 Å². The number of ether oxygens (including phenoxy) is 1. The summed E-state index contributed by atoms with van der Waals surface area (Å²) in [6, 6.07) is 3.66. The number of carbonyl (C=O) groups is 1. The molecule has 1 aliphatic rings. The van der Waals surface area contributed by atoms with Gasteiger partial charge in [0.2, 0.25) is 5.91 Å². The van der Waals surface area contributed by atoms with Crippen LogP contribution in [0.15, 0.2) is 18.2 Å². The third-order valence-corrected chi connectivity index (χ3v) is 3.57. The Morgan fingerprint density at radius 2 is 2.14 bits per heavy atom. The molecular formula is C15H20F2N2O2. The number of nitrogens with two attached hydrogens (primary N) is 1. The standard InChI is InChI=1S/C15H20F2N2O2/c1-9(21-11-5-6-12(16)13(17)7-11)8-15(2,14(18)20)19-10-3-4-10/h5-7,9-10,19H,3-4,8H2,1-2H3,(H2,18,20). The summed E-state index contributed by atoms with van der Waals surface area (Å²) in [6.07, 6.45) is 2.03. The molecule has 1 fully saturated rings. The number of hydrogen-bond acceptors (Lipinski definition) is 3. The molecule has 0 spiro atoms. The smallest absolute Gasteiger partial charge is 0.237 e. The van der Waals surface area contributed by atoms with Gasteiger partial charge in [0.05, 0.1) is 11.6 Å². The molecule has 0 aromatic heterocycles. The van der Waals surface area contributed by atoms with Crippen LogP contribution >= 0.6 is 0 Å². The number of hydrogen-bond donors (Lipinski definition) is 2. The van der Waals surface area contributed by atoms with E-state index >= 15 is 0 Å². The normalized spacial score (nSPS) is 18.9. The van der Waals surface area contributed by atoms with E-state index in [9.17, 15) is 13.6 Å². The minimum Gasteiger partial charge on any atom is -0.491 e. The maximum absolute atomic E-state index is 13.1. The highest BCUT2D eigenvalue weighted by Crippen LogP contribution is 2.26. The highest BCUT2D eigenvalue weighted by atomic mass is 19.2. The van der Waals surface area contributed by atoms with Crippen molar-refractivity contribution >= 4 is 5.91 Å². The van der Waals surface area contributed by atoms with Gasteiger partial charge in [-0.15, -0.1) is 0 Å². The summed E-state index contributed by atoms with van der Waals surface area (Å²) in [5.74, 6) is -2.12. The van der Waals surface area contributed by atoms with Gasteiger partial charge in [-0.3, -0.25) is 4.79 Å². The Kier molecular flexibility index (Phi) is 4.46. The van der Waals surface area contributed by atoms with Gasteiger partial charge in [0.1, 0.15) is 5.75 Å². The molecule has 1 saturated carbocycles. The van der Waals surface area contributed by atoms with Crippen LogP contribution in [0, 0.1) is 11.6 Å². The fourth-order valence-corrected chi connectivity index (χ4v) is 2.31. The minimum absolute atomic E-state index is 0.222. The van der Waals surface area contributed by atoms with E-state index in [4.69, 9.17) is 10.5 Å². The third kappa shape index (κ3) is 4.14. The van der Waals surface area contributed by atoms with Gasteiger partial charge in [-0.25, -0.2) is 8.78 Å². The van der Waals surface area contributed by atoms with Gasteiger partial charge in [-0.1, -0.05) is 0 Å². The number of primary amides is 1. The molecule has 4 nitrogen and oxygen atoms in total. The average molecular weight is 298 g/mol. The average Bonchev–Trinajstić information content (AvgIpc) is 3.17. The SMILES string of the molecule is CC(CC(C)(NC1CC1)C(N)=O)Oc1ccc(F)c(F)c1. The molecule has 1 amide bonds. The molecule has 2 rings (SSSR count). The number of rotatable bonds is 7. The van der Waals surface area contributed by atoms with Crippen molar-refractivity contribution in [2.45, 2.75) is 50.8 Å². The highest BCUT2D eigenvalue weighted by molar-refractivity contribution is 5.84. The molecule has 0 saturated heterocycles. The molecule has 1 aromatic carbocycles. The molecule has 0 bridgehead atoms. The molecule has 0 heterocycles. The largest absolute Gasteiger partial charge is 0.491 e. The van der Waals surface area contributed by atoms with Gasteiger partial charge in [0.25, 0.3) is 0 Å². The second-order valence-electron chi connectivity index (χ2n) is 5.82. The van der Waals surface area contributed by atoms with E-state index in [0.717, 1.165) is 25.0 Å². The van der Waals surface area contributed by atoms with E-state index in [2.05, 4.69) is 5.32 Å². The lowest BCUT2D eigenvalue weighted by molar-refractivity contribution is -0.124. The van der Waals surface area contributed by atoms with Gasteiger partial charge in [0.15, 0.2) is 11.6 Å². The molecule has 0 aliphatic heterocycles. The summed E-state index contributed by atoms with van der Waals surface area (Å²) in [6.45, 7) is 3.50. The summed E-state index contributed by atoms with van der Waals surface area (Å²) in [5.41, 5.74) is 4.59. The van der Waals surface area contributed by atoms with Crippen LogP contribution in [0.5, 0.6) is 5.75 Å². The minimum atomic E-state index is -0.964. The van der Waals surface area contributed by atoms with Gasteiger partial charge >= 0.3 is 0 Å². The summed E-state index contributed by atoms with van der Waals surface area (Å²) in [7, 11) is 0. The highest BCUT2D eigenvalue weighted by Gasteiger charge is 2.38. The Balaban J connectivity index is 1.99. The van der Waals surface area contributed by atoms with Crippen LogP contribution in [0.2, 0.25) is 0 Å². The van der Waals surface area contributed by atoms with Crippen molar-refractivity contribution in [2.75, 3.05) is 0 Å². The molecule has 1 aromatic rings. The van der Waals surface area contributed by atoms with E-state index in [1.807, 2.05) is 0 Å². The third-order valence-electron chi connectivity index (χ3n) is 3.57. The predicted molar refractivity (Wildman–Crippen MR) is 74.8 cm³/mol. The van der Waals surface area contributed by atoms with Crippen LogP contribution in [0.4, 0.5) is 8.78 Å². The van der Waals surface area contributed by atoms with Crippen molar-refractivity contribution in [2.24, 2.45) is 5.73 Å². The summed E-state index contributed by atoms with van der Waals surface area (Å²) in [4.78, 5) is 11.7. The van der Waals surface area contributed by atoms with E-state index in [1.165, 1.54) is 6.07 Å². The Labute approximate surface area is 122 Å². The lowest BCUT2D eigenvalue weighted by atomic mass is 9.93.